The number of halogens is 2. The molecule has 1 aliphatic carbocycles. The van der Waals surface area contributed by atoms with E-state index in [1.54, 1.807) is 44.2 Å². The van der Waals surface area contributed by atoms with E-state index in [0.717, 1.165) is 0 Å². The van der Waals surface area contributed by atoms with Crippen LogP contribution in [-0.4, -0.2) is 25.7 Å². The zero-order valence-electron chi connectivity index (χ0n) is 15.6. The number of ketones is 1. The predicted molar refractivity (Wildman–Crippen MR) is 119 cm³/mol. The van der Waals surface area contributed by atoms with Gasteiger partial charge in [0.25, 0.3) is 10.0 Å². The number of carbonyl (C=O) groups is 1. The average molecular weight is 492 g/mol. The number of amidine groups is 1. The number of sulfonamides is 1. The van der Waals surface area contributed by atoms with E-state index in [4.69, 9.17) is 11.6 Å². The number of benzene rings is 2. The molecule has 0 spiro atoms. The first kappa shape index (κ1) is 21.4. The molecule has 148 valence electrons. The first-order chi connectivity index (χ1) is 13.7. The normalized spacial score (nSPS) is 17.0. The van der Waals surface area contributed by atoms with Crippen molar-refractivity contribution in [3.8, 4) is 0 Å². The van der Waals surface area contributed by atoms with E-state index >= 15 is 0 Å². The van der Waals surface area contributed by atoms with E-state index in [9.17, 15) is 13.2 Å². The van der Waals surface area contributed by atoms with E-state index in [0.29, 0.717) is 31.9 Å². The van der Waals surface area contributed by atoms with Gasteiger partial charge in [0.2, 0.25) is 0 Å². The zero-order valence-corrected chi connectivity index (χ0v) is 18.7. The van der Waals surface area contributed by atoms with Crippen molar-refractivity contribution < 1.29 is 13.2 Å². The van der Waals surface area contributed by atoms with Crippen molar-refractivity contribution in [1.29, 1.82) is 0 Å². The van der Waals surface area contributed by atoms with E-state index in [1.165, 1.54) is 24.3 Å². The van der Waals surface area contributed by atoms with Crippen molar-refractivity contribution in [2.24, 2.45) is 9.39 Å². The maximum Gasteiger partial charge on any atom is 0.284 e. The fourth-order valence-corrected chi connectivity index (χ4v) is 4.16. The van der Waals surface area contributed by atoms with Gasteiger partial charge in [-0.2, -0.15) is 8.42 Å². The van der Waals surface area contributed by atoms with Crippen LogP contribution in [0.3, 0.4) is 0 Å². The highest BCUT2D eigenvalue weighted by molar-refractivity contribution is 9.12. The number of hydrogen-bond acceptors (Lipinski definition) is 3. The number of Topliss-reactive ketones (excluding diaryl/α,β-unsaturated/α-hetero) is 1. The van der Waals surface area contributed by atoms with Gasteiger partial charge in [0, 0.05) is 10.6 Å². The SMILES string of the molecule is CC1=CC(=NC(=NS(=O)(=O)c2ccc(Cl)cc2)c2ccccc2)C(C)=C(Br)C1=O. The lowest BCUT2D eigenvalue weighted by atomic mass is 9.98. The molecule has 3 rings (SSSR count). The Balaban J connectivity index is 2.18. The van der Waals surface area contributed by atoms with Gasteiger partial charge in [0.1, 0.15) is 0 Å². The lowest BCUT2D eigenvalue weighted by molar-refractivity contribution is -0.111. The molecule has 0 unspecified atom stereocenters. The molecule has 1 aliphatic rings. The molecule has 29 heavy (non-hydrogen) atoms. The van der Waals surface area contributed by atoms with Crippen molar-refractivity contribution in [3.63, 3.8) is 0 Å². The summed E-state index contributed by atoms with van der Waals surface area (Å²) < 4.78 is 30.1. The van der Waals surface area contributed by atoms with Crippen molar-refractivity contribution in [2.45, 2.75) is 18.7 Å². The molecule has 0 amide bonds. The summed E-state index contributed by atoms with van der Waals surface area (Å²) in [5.74, 6) is -0.109. The average Bonchev–Trinajstić information content (AvgIpc) is 2.70. The fourth-order valence-electron chi connectivity index (χ4n) is 2.56. The summed E-state index contributed by atoms with van der Waals surface area (Å²) in [5, 5.41) is 0.426. The summed E-state index contributed by atoms with van der Waals surface area (Å²) >= 11 is 9.14. The second-order valence-electron chi connectivity index (χ2n) is 6.30. The Morgan fingerprint density at radius 3 is 2.24 bits per heavy atom. The van der Waals surface area contributed by atoms with Gasteiger partial charge in [-0.05, 0) is 71.3 Å². The van der Waals surface area contributed by atoms with Crippen LogP contribution in [0.15, 0.2) is 90.6 Å². The van der Waals surface area contributed by atoms with Crippen LogP contribution in [0.25, 0.3) is 0 Å². The van der Waals surface area contributed by atoms with E-state index in [1.807, 2.05) is 6.07 Å². The Morgan fingerprint density at radius 2 is 1.62 bits per heavy atom. The molecule has 0 fully saturated rings. The molecule has 0 atom stereocenters. The minimum atomic E-state index is -4.02. The summed E-state index contributed by atoms with van der Waals surface area (Å²) in [7, 11) is -4.02. The molecule has 0 saturated heterocycles. The van der Waals surface area contributed by atoms with Gasteiger partial charge in [-0.3, -0.25) is 4.79 Å². The van der Waals surface area contributed by atoms with Crippen LogP contribution in [0.5, 0.6) is 0 Å². The smallest absolute Gasteiger partial charge is 0.284 e. The minimum absolute atomic E-state index is 0.00882. The predicted octanol–water partition coefficient (Wildman–Crippen LogP) is 5.11. The minimum Gasteiger partial charge on any atom is -0.288 e. The Kier molecular flexibility index (Phi) is 6.31. The first-order valence-electron chi connectivity index (χ1n) is 8.53. The molecule has 5 nitrogen and oxygen atoms in total. The zero-order chi connectivity index (χ0) is 21.2. The molecule has 0 aromatic heterocycles. The lowest BCUT2D eigenvalue weighted by Crippen LogP contribution is -2.16. The van der Waals surface area contributed by atoms with Crippen molar-refractivity contribution in [2.75, 3.05) is 0 Å². The van der Waals surface area contributed by atoms with E-state index < -0.39 is 10.0 Å². The molecule has 0 saturated carbocycles. The third-order valence-corrected chi connectivity index (χ3v) is 6.69. The second kappa shape index (κ2) is 8.57. The lowest BCUT2D eigenvalue weighted by Gasteiger charge is -2.14. The monoisotopic (exact) mass is 490 g/mol. The molecule has 2 aromatic rings. The Bertz CT molecular complexity index is 1200. The number of carbonyl (C=O) groups excluding carboxylic acids is 1. The van der Waals surface area contributed by atoms with Gasteiger partial charge >= 0.3 is 0 Å². The number of allylic oxidation sites excluding steroid dienone is 4. The van der Waals surface area contributed by atoms with Gasteiger partial charge in [-0.1, -0.05) is 41.9 Å². The maximum atomic E-state index is 12.8. The third-order valence-electron chi connectivity index (χ3n) is 4.20. The highest BCUT2D eigenvalue weighted by Gasteiger charge is 2.22. The van der Waals surface area contributed by atoms with Crippen molar-refractivity contribution in [1.82, 2.24) is 0 Å². The van der Waals surface area contributed by atoms with Gasteiger partial charge < -0.3 is 0 Å². The van der Waals surface area contributed by atoms with Gasteiger partial charge in [0.05, 0.1) is 15.1 Å². The highest BCUT2D eigenvalue weighted by atomic mass is 79.9. The van der Waals surface area contributed by atoms with E-state index in [2.05, 4.69) is 25.3 Å². The Morgan fingerprint density at radius 1 is 1.00 bits per heavy atom. The molecule has 0 radical (unpaired) electrons. The highest BCUT2D eigenvalue weighted by Crippen LogP contribution is 2.25. The van der Waals surface area contributed by atoms with Crippen LogP contribution in [-0.2, 0) is 14.8 Å². The molecular formula is C21H16BrClN2O3S. The summed E-state index contributed by atoms with van der Waals surface area (Å²) in [6, 6.07) is 14.5. The van der Waals surface area contributed by atoms with Crippen LogP contribution in [0.2, 0.25) is 5.02 Å². The van der Waals surface area contributed by atoms with Crippen LogP contribution in [0.4, 0.5) is 0 Å². The van der Waals surface area contributed by atoms with Crippen LogP contribution < -0.4 is 0 Å². The van der Waals surface area contributed by atoms with Gasteiger partial charge in [-0.25, -0.2) is 4.99 Å². The van der Waals surface area contributed by atoms with E-state index in [-0.39, 0.29) is 16.5 Å². The second-order valence-corrected chi connectivity index (χ2v) is 9.14. The molecule has 0 heterocycles. The molecule has 8 heteroatoms. The molecule has 0 aliphatic heterocycles. The number of hydrogen-bond donors (Lipinski definition) is 0. The standard InChI is InChI=1S/C21H16BrClN2O3S/c1-13-12-18(14(2)19(22)20(13)26)24-21(15-6-4-3-5-7-15)25-29(27,28)17-10-8-16(23)9-11-17/h3-12H,1-2H3. The van der Waals surface area contributed by atoms with Crippen molar-refractivity contribution in [3.05, 3.63) is 86.9 Å². The largest absolute Gasteiger partial charge is 0.288 e. The molecular weight excluding hydrogens is 476 g/mol. The summed E-state index contributed by atoms with van der Waals surface area (Å²) in [6.45, 7) is 3.41. The topological polar surface area (TPSA) is 75.9 Å². The van der Waals surface area contributed by atoms with Gasteiger partial charge in [0.15, 0.2) is 11.6 Å². The Labute approximate surface area is 182 Å². The quantitative estimate of drug-likeness (QED) is 0.340. The van der Waals surface area contributed by atoms with Crippen LogP contribution in [0, 0.1) is 0 Å². The number of aliphatic imine (C=N–C) groups is 1. The summed E-state index contributed by atoms with van der Waals surface area (Å²) in [4.78, 5) is 16.6. The number of nitrogens with zero attached hydrogens (tertiary/aromatic N) is 2. The summed E-state index contributed by atoms with van der Waals surface area (Å²) in [5.41, 5.74) is 2.09. The Hall–Kier alpha value is -2.35. The maximum absolute atomic E-state index is 12.8. The summed E-state index contributed by atoms with van der Waals surface area (Å²) in [6.07, 6.45) is 1.62. The molecule has 0 N–H and O–H groups in total. The fraction of sp³-hybridized carbons (Fsp3) is 0.0952. The molecule has 0 bridgehead atoms. The van der Waals surface area contributed by atoms with Crippen molar-refractivity contribution >= 4 is 54.9 Å². The number of rotatable bonds is 3. The third kappa shape index (κ3) is 4.80. The van der Waals surface area contributed by atoms with Crippen LogP contribution in [0.1, 0.15) is 19.4 Å². The van der Waals surface area contributed by atoms with Crippen LogP contribution >= 0.6 is 27.5 Å². The first-order valence-corrected chi connectivity index (χ1v) is 11.1. The van der Waals surface area contributed by atoms with Gasteiger partial charge in [-0.15, -0.1) is 4.40 Å². The molecule has 2 aromatic carbocycles.